The van der Waals surface area contributed by atoms with Crippen LogP contribution in [0.25, 0.3) is 0 Å². The maximum atomic E-state index is 8.64. The largest absolute Gasteiger partial charge is 0.497 e. The molecule has 0 fully saturated rings. The summed E-state index contributed by atoms with van der Waals surface area (Å²) >= 11 is 0. The van der Waals surface area contributed by atoms with Gasteiger partial charge in [0.15, 0.2) is 0 Å². The van der Waals surface area contributed by atoms with Gasteiger partial charge in [0.2, 0.25) is 0 Å². The van der Waals surface area contributed by atoms with Gasteiger partial charge in [0.05, 0.1) is 19.2 Å². The van der Waals surface area contributed by atoms with Crippen LogP contribution in [-0.4, -0.2) is 7.11 Å². The summed E-state index contributed by atoms with van der Waals surface area (Å²) in [6.07, 6.45) is 0.750. The Bertz CT molecular complexity index is 368. The zero-order chi connectivity index (χ0) is 11.1. The van der Waals surface area contributed by atoms with Crippen molar-refractivity contribution in [2.45, 2.75) is 18.8 Å². The molecule has 0 N–H and O–H groups in total. The van der Waals surface area contributed by atoms with E-state index >= 15 is 0 Å². The molecule has 0 spiro atoms. The van der Waals surface area contributed by atoms with Gasteiger partial charge in [0.1, 0.15) is 5.75 Å². The first-order valence-electron chi connectivity index (χ1n) is 4.69. The average Bonchev–Trinajstić information content (AvgIpc) is 2.29. The van der Waals surface area contributed by atoms with E-state index in [1.54, 1.807) is 7.11 Å². The average molecular weight is 200 g/mol. The van der Waals surface area contributed by atoms with Gasteiger partial charge in [0, 0.05) is 18.8 Å². The monoisotopic (exact) mass is 200 g/mol. The molecule has 1 aromatic rings. The molecular formula is C12H12N2O. The van der Waals surface area contributed by atoms with Crippen molar-refractivity contribution in [2.24, 2.45) is 0 Å². The molecule has 1 rings (SSSR count). The van der Waals surface area contributed by atoms with Crippen LogP contribution in [0.5, 0.6) is 5.75 Å². The van der Waals surface area contributed by atoms with Crippen molar-refractivity contribution in [3.8, 4) is 17.9 Å². The van der Waals surface area contributed by atoms with Crippen LogP contribution in [0.4, 0.5) is 0 Å². The summed E-state index contributed by atoms with van der Waals surface area (Å²) in [4.78, 5) is 0. The van der Waals surface area contributed by atoms with Gasteiger partial charge in [-0.15, -0.1) is 0 Å². The van der Waals surface area contributed by atoms with Crippen molar-refractivity contribution in [1.29, 1.82) is 10.5 Å². The van der Waals surface area contributed by atoms with Gasteiger partial charge in [-0.05, 0) is 17.7 Å². The van der Waals surface area contributed by atoms with Crippen LogP contribution in [-0.2, 0) is 0 Å². The molecule has 0 heterocycles. The highest BCUT2D eigenvalue weighted by Crippen LogP contribution is 2.24. The number of nitrogens with zero attached hydrogens (tertiary/aromatic N) is 2. The van der Waals surface area contributed by atoms with Gasteiger partial charge < -0.3 is 4.74 Å². The fourth-order valence-electron chi connectivity index (χ4n) is 1.40. The molecule has 0 bridgehead atoms. The summed E-state index contributed by atoms with van der Waals surface area (Å²) in [6.45, 7) is 0. The van der Waals surface area contributed by atoms with Crippen LogP contribution < -0.4 is 4.74 Å². The third-order valence-electron chi connectivity index (χ3n) is 2.26. The minimum Gasteiger partial charge on any atom is -0.497 e. The summed E-state index contributed by atoms with van der Waals surface area (Å²) in [5, 5.41) is 17.3. The molecule has 15 heavy (non-hydrogen) atoms. The molecule has 0 atom stereocenters. The van der Waals surface area contributed by atoms with Crippen molar-refractivity contribution in [3.05, 3.63) is 29.8 Å². The number of hydrogen-bond donors (Lipinski definition) is 0. The quantitative estimate of drug-likeness (QED) is 0.750. The molecule has 0 amide bonds. The Kier molecular flexibility index (Phi) is 4.19. The molecular weight excluding hydrogens is 188 g/mol. The van der Waals surface area contributed by atoms with E-state index in [2.05, 4.69) is 12.1 Å². The number of benzene rings is 1. The van der Waals surface area contributed by atoms with Crippen LogP contribution in [0.1, 0.15) is 24.3 Å². The second-order valence-electron chi connectivity index (χ2n) is 3.19. The molecule has 3 heteroatoms. The molecule has 0 aromatic heterocycles. The van der Waals surface area contributed by atoms with Crippen LogP contribution >= 0.6 is 0 Å². The number of hydrogen-bond acceptors (Lipinski definition) is 3. The highest BCUT2D eigenvalue weighted by atomic mass is 16.5. The van der Waals surface area contributed by atoms with Crippen LogP contribution in [0, 0.1) is 22.7 Å². The summed E-state index contributed by atoms with van der Waals surface area (Å²) in [5.74, 6) is 0.789. The Balaban J connectivity index is 2.83. The zero-order valence-corrected chi connectivity index (χ0v) is 8.60. The predicted molar refractivity (Wildman–Crippen MR) is 56.2 cm³/mol. The third kappa shape index (κ3) is 3.00. The first kappa shape index (κ1) is 11.1. The summed E-state index contributed by atoms with van der Waals surface area (Å²) in [5.41, 5.74) is 1.01. The Labute approximate surface area is 89.5 Å². The first-order valence-corrected chi connectivity index (χ1v) is 4.69. The third-order valence-corrected chi connectivity index (χ3v) is 2.26. The zero-order valence-electron chi connectivity index (χ0n) is 8.60. The maximum absolute atomic E-state index is 8.64. The molecule has 0 radical (unpaired) electrons. The van der Waals surface area contributed by atoms with E-state index in [4.69, 9.17) is 15.3 Å². The van der Waals surface area contributed by atoms with Crippen LogP contribution in [0.15, 0.2) is 24.3 Å². The molecule has 0 unspecified atom stereocenters. The van der Waals surface area contributed by atoms with Gasteiger partial charge in [-0.25, -0.2) is 0 Å². The second-order valence-corrected chi connectivity index (χ2v) is 3.19. The van der Waals surface area contributed by atoms with Crippen LogP contribution in [0.2, 0.25) is 0 Å². The van der Waals surface area contributed by atoms with E-state index in [9.17, 15) is 0 Å². The molecule has 0 aliphatic carbocycles. The Morgan fingerprint density at radius 3 is 2.07 bits per heavy atom. The lowest BCUT2D eigenvalue weighted by Gasteiger charge is -2.10. The Morgan fingerprint density at radius 2 is 1.67 bits per heavy atom. The Hall–Kier alpha value is -2.00. The van der Waals surface area contributed by atoms with E-state index in [1.807, 2.05) is 24.3 Å². The lowest BCUT2D eigenvalue weighted by Crippen LogP contribution is -1.96. The minimum atomic E-state index is 0.00547. The van der Waals surface area contributed by atoms with E-state index < -0.39 is 0 Å². The summed E-state index contributed by atoms with van der Waals surface area (Å²) < 4.78 is 5.04. The summed E-state index contributed by atoms with van der Waals surface area (Å²) in [7, 11) is 1.61. The van der Waals surface area contributed by atoms with Crippen molar-refractivity contribution < 1.29 is 4.74 Å². The van der Waals surface area contributed by atoms with Crippen molar-refractivity contribution in [3.63, 3.8) is 0 Å². The highest BCUT2D eigenvalue weighted by molar-refractivity contribution is 5.30. The van der Waals surface area contributed by atoms with Gasteiger partial charge >= 0.3 is 0 Å². The predicted octanol–water partition coefficient (Wildman–Crippen LogP) is 2.61. The first-order chi connectivity index (χ1) is 7.31. The van der Waals surface area contributed by atoms with Gasteiger partial charge in [-0.2, -0.15) is 10.5 Å². The van der Waals surface area contributed by atoms with Crippen LogP contribution in [0.3, 0.4) is 0 Å². The molecule has 0 aliphatic rings. The minimum absolute atomic E-state index is 0.00547. The summed E-state index contributed by atoms with van der Waals surface area (Å²) in [6, 6.07) is 11.7. The normalized spacial score (nSPS) is 9.33. The molecule has 0 saturated heterocycles. The van der Waals surface area contributed by atoms with E-state index in [0.29, 0.717) is 12.8 Å². The second kappa shape index (κ2) is 5.67. The standard InChI is InChI=1S/C12H12N2O/c1-15-12-4-2-10(3-5-12)11(6-8-13)7-9-14/h2-5,11H,6-7H2,1H3. The number of rotatable bonds is 4. The van der Waals surface area contributed by atoms with E-state index in [-0.39, 0.29) is 5.92 Å². The van der Waals surface area contributed by atoms with Crippen molar-refractivity contribution >= 4 is 0 Å². The lowest BCUT2D eigenvalue weighted by atomic mass is 9.94. The van der Waals surface area contributed by atoms with Gasteiger partial charge in [-0.1, -0.05) is 12.1 Å². The molecule has 3 nitrogen and oxygen atoms in total. The van der Waals surface area contributed by atoms with Gasteiger partial charge in [-0.3, -0.25) is 0 Å². The fourth-order valence-corrected chi connectivity index (χ4v) is 1.40. The van der Waals surface area contributed by atoms with E-state index in [1.165, 1.54) is 0 Å². The SMILES string of the molecule is COc1ccc(C(CC#N)CC#N)cc1. The van der Waals surface area contributed by atoms with E-state index in [0.717, 1.165) is 11.3 Å². The molecule has 76 valence electrons. The smallest absolute Gasteiger partial charge is 0.118 e. The molecule has 1 aromatic carbocycles. The number of ether oxygens (including phenoxy) is 1. The topological polar surface area (TPSA) is 56.8 Å². The Morgan fingerprint density at radius 1 is 1.13 bits per heavy atom. The molecule has 0 saturated carbocycles. The maximum Gasteiger partial charge on any atom is 0.118 e. The van der Waals surface area contributed by atoms with Crippen molar-refractivity contribution in [2.75, 3.05) is 7.11 Å². The van der Waals surface area contributed by atoms with Crippen molar-refractivity contribution in [1.82, 2.24) is 0 Å². The number of nitriles is 2. The van der Waals surface area contributed by atoms with Gasteiger partial charge in [0.25, 0.3) is 0 Å². The fraction of sp³-hybridized carbons (Fsp3) is 0.333. The molecule has 0 aliphatic heterocycles. The highest BCUT2D eigenvalue weighted by Gasteiger charge is 2.10. The number of methoxy groups -OCH3 is 1. The lowest BCUT2D eigenvalue weighted by molar-refractivity contribution is 0.414.